The van der Waals surface area contributed by atoms with Crippen molar-refractivity contribution in [3.63, 3.8) is 0 Å². The lowest BCUT2D eigenvalue weighted by Crippen LogP contribution is -2.44. The molecule has 0 radical (unpaired) electrons. The summed E-state index contributed by atoms with van der Waals surface area (Å²) in [6.07, 6.45) is 6.14. The highest BCUT2D eigenvalue weighted by molar-refractivity contribution is 7.99. The average molecular weight is 264 g/mol. The van der Waals surface area contributed by atoms with Crippen LogP contribution in [0.15, 0.2) is 21.6 Å². The zero-order valence-corrected chi connectivity index (χ0v) is 11.8. The minimum atomic E-state index is -0.286. The van der Waals surface area contributed by atoms with Gasteiger partial charge in [0, 0.05) is 4.90 Å². The summed E-state index contributed by atoms with van der Waals surface area (Å²) >= 11 is 1.83. The Morgan fingerprint density at radius 2 is 2.50 bits per heavy atom. The number of hydrogen-bond acceptors (Lipinski definition) is 4. The van der Waals surface area contributed by atoms with Gasteiger partial charge in [-0.1, -0.05) is 6.42 Å². The standard InChI is InChI=1S/C14H20N2OS/c1-11-13(5-8-17-11)18-9-6-12-4-3-7-14(12,10-15)16-2/h5,8,12,16H,3-4,6-7,9H2,1-2H3. The summed E-state index contributed by atoms with van der Waals surface area (Å²) in [7, 11) is 1.91. The third kappa shape index (κ3) is 2.57. The topological polar surface area (TPSA) is 49.0 Å². The SMILES string of the molecule is CNC1(C#N)CCCC1CCSc1ccoc1C. The fourth-order valence-electron chi connectivity index (χ4n) is 2.83. The van der Waals surface area contributed by atoms with Crippen molar-refractivity contribution in [3.05, 3.63) is 18.1 Å². The summed E-state index contributed by atoms with van der Waals surface area (Å²) < 4.78 is 5.28. The van der Waals surface area contributed by atoms with Gasteiger partial charge in [-0.15, -0.1) is 11.8 Å². The first kappa shape index (κ1) is 13.5. The Labute approximate surface area is 113 Å². The number of nitrogens with one attached hydrogen (secondary N) is 1. The van der Waals surface area contributed by atoms with E-state index in [2.05, 4.69) is 11.4 Å². The van der Waals surface area contributed by atoms with Gasteiger partial charge in [-0.25, -0.2) is 0 Å². The molecule has 0 spiro atoms. The second kappa shape index (κ2) is 5.81. The first-order valence-electron chi connectivity index (χ1n) is 6.49. The molecule has 1 aliphatic carbocycles. The van der Waals surface area contributed by atoms with Crippen LogP contribution in [0.4, 0.5) is 0 Å². The molecule has 1 heterocycles. The van der Waals surface area contributed by atoms with Crippen LogP contribution in [0.1, 0.15) is 31.4 Å². The summed E-state index contributed by atoms with van der Waals surface area (Å²) in [6.45, 7) is 1.99. The van der Waals surface area contributed by atoms with E-state index in [9.17, 15) is 5.26 Å². The number of hydrogen-bond donors (Lipinski definition) is 1. The summed E-state index contributed by atoms with van der Waals surface area (Å²) in [6, 6.07) is 4.51. The van der Waals surface area contributed by atoms with E-state index in [0.29, 0.717) is 5.92 Å². The lowest BCUT2D eigenvalue weighted by Gasteiger charge is -2.28. The highest BCUT2D eigenvalue weighted by atomic mass is 32.2. The Balaban J connectivity index is 1.87. The average Bonchev–Trinajstić information content (AvgIpc) is 2.97. The molecule has 0 aromatic carbocycles. The molecule has 2 rings (SSSR count). The Kier molecular flexibility index (Phi) is 4.36. The van der Waals surface area contributed by atoms with Gasteiger partial charge in [-0.2, -0.15) is 5.26 Å². The molecule has 1 aromatic rings. The molecule has 0 saturated heterocycles. The molecule has 2 unspecified atom stereocenters. The second-order valence-electron chi connectivity index (χ2n) is 4.90. The van der Waals surface area contributed by atoms with Crippen molar-refractivity contribution >= 4 is 11.8 Å². The maximum Gasteiger partial charge on any atom is 0.114 e. The maximum atomic E-state index is 9.38. The van der Waals surface area contributed by atoms with Gasteiger partial charge in [-0.3, -0.25) is 0 Å². The van der Waals surface area contributed by atoms with Crippen LogP contribution in [0.2, 0.25) is 0 Å². The molecule has 0 bridgehead atoms. The third-order valence-electron chi connectivity index (χ3n) is 4.00. The fraction of sp³-hybridized carbons (Fsp3) is 0.643. The van der Waals surface area contributed by atoms with E-state index in [0.717, 1.165) is 30.8 Å². The monoisotopic (exact) mass is 264 g/mol. The van der Waals surface area contributed by atoms with Gasteiger partial charge in [-0.05, 0) is 51.0 Å². The number of aryl methyl sites for hydroxylation is 1. The first-order chi connectivity index (χ1) is 8.72. The van der Waals surface area contributed by atoms with Gasteiger partial charge in [0.05, 0.1) is 12.3 Å². The molecule has 1 N–H and O–H groups in total. The quantitative estimate of drug-likeness (QED) is 0.829. The molecule has 3 nitrogen and oxygen atoms in total. The van der Waals surface area contributed by atoms with Crippen molar-refractivity contribution in [2.75, 3.05) is 12.8 Å². The van der Waals surface area contributed by atoms with E-state index in [1.54, 1.807) is 6.26 Å². The smallest absolute Gasteiger partial charge is 0.114 e. The van der Waals surface area contributed by atoms with Crippen LogP contribution in [0.3, 0.4) is 0 Å². The first-order valence-corrected chi connectivity index (χ1v) is 7.47. The number of thioether (sulfide) groups is 1. The molecule has 1 saturated carbocycles. The van der Waals surface area contributed by atoms with Gasteiger partial charge in [0.2, 0.25) is 0 Å². The fourth-order valence-corrected chi connectivity index (χ4v) is 3.86. The normalized spacial score (nSPS) is 27.3. The zero-order valence-electron chi connectivity index (χ0n) is 11.0. The summed E-state index contributed by atoms with van der Waals surface area (Å²) in [5.74, 6) is 2.52. The Morgan fingerprint density at radius 3 is 3.11 bits per heavy atom. The van der Waals surface area contributed by atoms with Crippen LogP contribution in [0.25, 0.3) is 0 Å². The zero-order chi connectivity index (χ0) is 13.0. The van der Waals surface area contributed by atoms with E-state index < -0.39 is 0 Å². The molecule has 0 amide bonds. The number of nitrogens with zero attached hydrogens (tertiary/aromatic N) is 1. The van der Waals surface area contributed by atoms with Crippen molar-refractivity contribution in [3.8, 4) is 6.07 Å². The van der Waals surface area contributed by atoms with E-state index >= 15 is 0 Å². The van der Waals surface area contributed by atoms with E-state index in [-0.39, 0.29) is 5.54 Å². The minimum Gasteiger partial charge on any atom is -0.468 e. The highest BCUT2D eigenvalue weighted by Gasteiger charge is 2.41. The molecule has 4 heteroatoms. The largest absolute Gasteiger partial charge is 0.468 e. The number of nitriles is 1. The third-order valence-corrected chi connectivity index (χ3v) is 5.18. The molecule has 98 valence electrons. The lowest BCUT2D eigenvalue weighted by molar-refractivity contribution is 0.332. The van der Waals surface area contributed by atoms with Crippen LogP contribution in [-0.4, -0.2) is 18.3 Å². The van der Waals surface area contributed by atoms with E-state index in [4.69, 9.17) is 4.42 Å². The van der Waals surface area contributed by atoms with Gasteiger partial charge in [0.25, 0.3) is 0 Å². The number of rotatable bonds is 5. The van der Waals surface area contributed by atoms with Crippen LogP contribution < -0.4 is 5.32 Å². The van der Waals surface area contributed by atoms with Gasteiger partial charge in [0.1, 0.15) is 11.3 Å². The van der Waals surface area contributed by atoms with Gasteiger partial charge < -0.3 is 9.73 Å². The maximum absolute atomic E-state index is 9.38. The van der Waals surface area contributed by atoms with Crippen molar-refractivity contribution in [2.24, 2.45) is 5.92 Å². The van der Waals surface area contributed by atoms with E-state index in [1.165, 1.54) is 11.3 Å². The number of furan rings is 1. The summed E-state index contributed by atoms with van der Waals surface area (Å²) in [5.41, 5.74) is -0.286. The van der Waals surface area contributed by atoms with Crippen LogP contribution in [0.5, 0.6) is 0 Å². The molecule has 2 atom stereocenters. The summed E-state index contributed by atoms with van der Waals surface area (Å²) in [4.78, 5) is 1.22. The van der Waals surface area contributed by atoms with Crippen LogP contribution in [-0.2, 0) is 0 Å². The Bertz CT molecular complexity index is 437. The molecule has 0 aliphatic heterocycles. The van der Waals surface area contributed by atoms with Gasteiger partial charge >= 0.3 is 0 Å². The highest BCUT2D eigenvalue weighted by Crippen LogP contribution is 2.38. The van der Waals surface area contributed by atoms with E-state index in [1.807, 2.05) is 31.8 Å². The lowest BCUT2D eigenvalue weighted by atomic mass is 9.87. The Morgan fingerprint density at radius 1 is 1.67 bits per heavy atom. The molecule has 1 fully saturated rings. The Hall–Kier alpha value is -0.920. The molecule has 1 aliphatic rings. The van der Waals surface area contributed by atoms with Crippen molar-refractivity contribution in [1.82, 2.24) is 5.32 Å². The molecule has 1 aromatic heterocycles. The van der Waals surface area contributed by atoms with Crippen molar-refractivity contribution < 1.29 is 4.42 Å². The second-order valence-corrected chi connectivity index (χ2v) is 6.04. The van der Waals surface area contributed by atoms with Crippen molar-refractivity contribution in [2.45, 2.75) is 43.0 Å². The van der Waals surface area contributed by atoms with Crippen LogP contribution in [0, 0.1) is 24.2 Å². The predicted molar refractivity (Wildman–Crippen MR) is 73.5 cm³/mol. The molecular formula is C14H20N2OS. The summed E-state index contributed by atoms with van der Waals surface area (Å²) in [5, 5.41) is 12.6. The molecule has 18 heavy (non-hydrogen) atoms. The van der Waals surface area contributed by atoms with Crippen LogP contribution >= 0.6 is 11.8 Å². The predicted octanol–water partition coefficient (Wildman–Crippen LogP) is 3.35. The minimum absolute atomic E-state index is 0.286. The molecular weight excluding hydrogens is 244 g/mol. The van der Waals surface area contributed by atoms with Crippen molar-refractivity contribution in [1.29, 1.82) is 5.26 Å². The van der Waals surface area contributed by atoms with Gasteiger partial charge in [0.15, 0.2) is 0 Å².